The Kier molecular flexibility index (Phi) is 7.24. The third kappa shape index (κ3) is 5.41. The molecule has 0 bridgehead atoms. The number of rotatable bonds is 7. The molecule has 1 aromatic heterocycles. The third-order valence-electron chi connectivity index (χ3n) is 5.49. The normalized spacial score (nSPS) is 22.1. The lowest BCUT2D eigenvalue weighted by Gasteiger charge is -2.34. The first-order valence-electron chi connectivity index (χ1n) is 9.63. The second-order valence-corrected chi connectivity index (χ2v) is 8.81. The number of ether oxygens (including phenoxy) is 1. The standard InChI is InChI=1S/C20H27ClN4O2S/c1-13-5-4-6-17(14(13)2)22-19(26)12-28-20-24-23-18(25(20)3)11-27-16-9-7-15(21)8-10-16/h7-10,13-14,17H,4-6,11-12H2,1-3H3,(H,22,26)/t13-,14-,17+/m1/s1. The zero-order chi connectivity index (χ0) is 20.1. The lowest BCUT2D eigenvalue weighted by atomic mass is 9.78. The Morgan fingerprint density at radius 2 is 2.04 bits per heavy atom. The van der Waals surface area contributed by atoms with Gasteiger partial charge in [0.2, 0.25) is 5.91 Å². The Balaban J connectivity index is 1.48. The topological polar surface area (TPSA) is 69.0 Å². The van der Waals surface area contributed by atoms with Crippen molar-refractivity contribution in [1.29, 1.82) is 0 Å². The minimum absolute atomic E-state index is 0.0536. The van der Waals surface area contributed by atoms with Crippen LogP contribution < -0.4 is 10.1 Å². The maximum Gasteiger partial charge on any atom is 0.230 e. The van der Waals surface area contributed by atoms with Crippen LogP contribution in [0.15, 0.2) is 29.4 Å². The van der Waals surface area contributed by atoms with Crippen molar-refractivity contribution in [3.8, 4) is 5.75 Å². The van der Waals surface area contributed by atoms with Crippen LogP contribution in [0.3, 0.4) is 0 Å². The smallest absolute Gasteiger partial charge is 0.230 e. The van der Waals surface area contributed by atoms with Crippen molar-refractivity contribution in [1.82, 2.24) is 20.1 Å². The van der Waals surface area contributed by atoms with E-state index in [-0.39, 0.29) is 11.9 Å². The van der Waals surface area contributed by atoms with Crippen LogP contribution in [0, 0.1) is 11.8 Å². The van der Waals surface area contributed by atoms with E-state index in [0.29, 0.717) is 40.2 Å². The molecule has 1 N–H and O–H groups in total. The van der Waals surface area contributed by atoms with Crippen LogP contribution in [0.1, 0.15) is 38.9 Å². The molecule has 1 aliphatic carbocycles. The fourth-order valence-electron chi connectivity index (χ4n) is 3.44. The number of amides is 1. The summed E-state index contributed by atoms with van der Waals surface area (Å²) in [6, 6.07) is 7.46. The molecule has 1 saturated carbocycles. The predicted molar refractivity (Wildman–Crippen MR) is 112 cm³/mol. The Bertz CT molecular complexity index is 796. The monoisotopic (exact) mass is 422 g/mol. The molecular weight excluding hydrogens is 396 g/mol. The van der Waals surface area contributed by atoms with Gasteiger partial charge >= 0.3 is 0 Å². The average Bonchev–Trinajstić information content (AvgIpc) is 3.03. The summed E-state index contributed by atoms with van der Waals surface area (Å²) in [5.41, 5.74) is 0. The Morgan fingerprint density at radius 3 is 2.79 bits per heavy atom. The van der Waals surface area contributed by atoms with Crippen LogP contribution in [0.2, 0.25) is 5.02 Å². The van der Waals surface area contributed by atoms with Crippen molar-refractivity contribution in [2.24, 2.45) is 18.9 Å². The van der Waals surface area contributed by atoms with Gasteiger partial charge in [-0.05, 0) is 42.5 Å². The second-order valence-electron chi connectivity index (χ2n) is 7.43. The predicted octanol–water partition coefficient (Wildman–Crippen LogP) is 4.08. The van der Waals surface area contributed by atoms with Crippen molar-refractivity contribution in [2.45, 2.75) is 50.9 Å². The number of carbonyl (C=O) groups is 1. The van der Waals surface area contributed by atoms with Gasteiger partial charge in [0.25, 0.3) is 0 Å². The van der Waals surface area contributed by atoms with Crippen molar-refractivity contribution in [3.05, 3.63) is 35.1 Å². The number of aromatic nitrogens is 3. The number of benzene rings is 1. The Morgan fingerprint density at radius 1 is 1.29 bits per heavy atom. The number of thioether (sulfide) groups is 1. The summed E-state index contributed by atoms with van der Waals surface area (Å²) < 4.78 is 7.58. The molecule has 8 heteroatoms. The molecule has 1 amide bonds. The maximum absolute atomic E-state index is 12.4. The van der Waals surface area contributed by atoms with Crippen LogP contribution in [0.25, 0.3) is 0 Å². The lowest BCUT2D eigenvalue weighted by Crippen LogP contribution is -2.44. The molecule has 3 atom stereocenters. The van der Waals surface area contributed by atoms with E-state index in [1.54, 1.807) is 12.1 Å². The van der Waals surface area contributed by atoms with Crippen LogP contribution in [0.5, 0.6) is 5.75 Å². The zero-order valence-electron chi connectivity index (χ0n) is 16.5. The number of hydrogen-bond donors (Lipinski definition) is 1. The van der Waals surface area contributed by atoms with Gasteiger partial charge < -0.3 is 14.6 Å². The van der Waals surface area contributed by atoms with Gasteiger partial charge in [-0.15, -0.1) is 10.2 Å². The summed E-state index contributed by atoms with van der Waals surface area (Å²) in [5.74, 6) is 2.99. The molecule has 0 saturated heterocycles. The van der Waals surface area contributed by atoms with Gasteiger partial charge in [0, 0.05) is 18.1 Å². The molecule has 0 radical (unpaired) electrons. The highest BCUT2D eigenvalue weighted by atomic mass is 35.5. The average molecular weight is 423 g/mol. The number of halogens is 1. The molecule has 0 unspecified atom stereocenters. The Hall–Kier alpha value is -1.73. The van der Waals surface area contributed by atoms with E-state index in [4.69, 9.17) is 16.3 Å². The number of hydrogen-bond acceptors (Lipinski definition) is 5. The first-order valence-corrected chi connectivity index (χ1v) is 11.0. The fourth-order valence-corrected chi connectivity index (χ4v) is 4.31. The molecular formula is C20H27ClN4O2S. The second kappa shape index (κ2) is 9.65. The molecule has 152 valence electrons. The number of carbonyl (C=O) groups excluding carboxylic acids is 1. The molecule has 1 heterocycles. The third-order valence-corrected chi connectivity index (χ3v) is 6.76. The van der Waals surface area contributed by atoms with Crippen molar-refractivity contribution in [2.75, 3.05) is 5.75 Å². The highest BCUT2D eigenvalue weighted by molar-refractivity contribution is 7.99. The van der Waals surface area contributed by atoms with E-state index >= 15 is 0 Å². The van der Waals surface area contributed by atoms with Crippen LogP contribution in [-0.4, -0.2) is 32.5 Å². The van der Waals surface area contributed by atoms with Gasteiger partial charge in [-0.1, -0.05) is 50.1 Å². The maximum atomic E-state index is 12.4. The van der Waals surface area contributed by atoms with Gasteiger partial charge in [-0.3, -0.25) is 4.79 Å². The molecule has 0 aliphatic heterocycles. The largest absolute Gasteiger partial charge is 0.486 e. The summed E-state index contributed by atoms with van der Waals surface area (Å²) in [6.07, 6.45) is 3.50. The molecule has 1 aromatic carbocycles. The lowest BCUT2D eigenvalue weighted by molar-refractivity contribution is -0.120. The van der Waals surface area contributed by atoms with Gasteiger partial charge in [0.05, 0.1) is 5.75 Å². The van der Waals surface area contributed by atoms with E-state index < -0.39 is 0 Å². The van der Waals surface area contributed by atoms with E-state index in [0.717, 1.165) is 12.2 Å². The first kappa shape index (κ1) is 21.0. The van der Waals surface area contributed by atoms with E-state index in [9.17, 15) is 4.79 Å². The van der Waals surface area contributed by atoms with Gasteiger partial charge in [-0.25, -0.2) is 0 Å². The van der Waals surface area contributed by atoms with Crippen LogP contribution in [-0.2, 0) is 18.4 Å². The zero-order valence-corrected chi connectivity index (χ0v) is 18.1. The molecule has 28 heavy (non-hydrogen) atoms. The SMILES string of the molecule is C[C@@H]1[C@H](C)CCC[C@@H]1NC(=O)CSc1nnc(COc2ccc(Cl)cc2)n1C. The van der Waals surface area contributed by atoms with Crippen molar-refractivity contribution >= 4 is 29.3 Å². The van der Waals surface area contributed by atoms with Gasteiger partial charge in [-0.2, -0.15) is 0 Å². The highest BCUT2D eigenvalue weighted by Gasteiger charge is 2.28. The van der Waals surface area contributed by atoms with Crippen molar-refractivity contribution < 1.29 is 9.53 Å². The minimum Gasteiger partial charge on any atom is -0.486 e. The van der Waals surface area contributed by atoms with Crippen LogP contribution in [0.4, 0.5) is 0 Å². The van der Waals surface area contributed by atoms with E-state index in [1.165, 1.54) is 24.6 Å². The molecule has 1 aliphatic rings. The van der Waals surface area contributed by atoms with Crippen LogP contribution >= 0.6 is 23.4 Å². The van der Waals surface area contributed by atoms with E-state index in [1.807, 2.05) is 23.7 Å². The summed E-state index contributed by atoms with van der Waals surface area (Å²) in [6.45, 7) is 4.80. The first-order chi connectivity index (χ1) is 13.4. The van der Waals surface area contributed by atoms with Crippen molar-refractivity contribution in [3.63, 3.8) is 0 Å². The summed E-state index contributed by atoms with van der Waals surface area (Å²) in [5, 5.41) is 12.9. The molecule has 3 rings (SSSR count). The molecule has 2 aromatic rings. The quantitative estimate of drug-likeness (QED) is 0.681. The number of nitrogens with zero attached hydrogens (tertiary/aromatic N) is 3. The number of nitrogens with one attached hydrogen (secondary N) is 1. The van der Waals surface area contributed by atoms with Gasteiger partial charge in [0.15, 0.2) is 11.0 Å². The summed E-state index contributed by atoms with van der Waals surface area (Å²) in [7, 11) is 1.88. The Labute approximate surface area is 175 Å². The summed E-state index contributed by atoms with van der Waals surface area (Å²) in [4.78, 5) is 12.4. The molecule has 6 nitrogen and oxygen atoms in total. The molecule has 0 spiro atoms. The van der Waals surface area contributed by atoms with E-state index in [2.05, 4.69) is 29.4 Å². The van der Waals surface area contributed by atoms with Gasteiger partial charge in [0.1, 0.15) is 12.4 Å². The fraction of sp³-hybridized carbons (Fsp3) is 0.550. The minimum atomic E-state index is 0.0536. The summed E-state index contributed by atoms with van der Waals surface area (Å²) >= 11 is 7.27. The highest BCUT2D eigenvalue weighted by Crippen LogP contribution is 2.29. The molecule has 1 fully saturated rings.